The van der Waals surface area contributed by atoms with E-state index in [2.05, 4.69) is 12.2 Å². The lowest BCUT2D eigenvalue weighted by atomic mass is 10.1. The molecular formula is C17H22N4O2. The summed E-state index contributed by atoms with van der Waals surface area (Å²) in [7, 11) is 0. The summed E-state index contributed by atoms with van der Waals surface area (Å²) >= 11 is 0. The Hall–Kier alpha value is -2.34. The van der Waals surface area contributed by atoms with E-state index in [4.69, 9.17) is 5.73 Å². The van der Waals surface area contributed by atoms with Crippen molar-refractivity contribution in [3.63, 3.8) is 0 Å². The molecule has 0 radical (unpaired) electrons. The fourth-order valence-corrected chi connectivity index (χ4v) is 3.08. The lowest BCUT2D eigenvalue weighted by molar-refractivity contribution is 0.0734. The summed E-state index contributed by atoms with van der Waals surface area (Å²) in [5.74, 6) is -0.202. The number of aromatic nitrogens is 1. The van der Waals surface area contributed by atoms with Crippen molar-refractivity contribution in [2.24, 2.45) is 0 Å². The Bertz CT molecular complexity index is 791. The average Bonchev–Trinajstić information content (AvgIpc) is 2.57. The van der Waals surface area contributed by atoms with Crippen molar-refractivity contribution in [3.05, 3.63) is 40.2 Å². The number of rotatable bonds is 3. The number of nitrogen functional groups attached to an aromatic ring is 1. The Morgan fingerprint density at radius 3 is 2.74 bits per heavy atom. The average molecular weight is 314 g/mol. The van der Waals surface area contributed by atoms with E-state index in [0.717, 1.165) is 31.6 Å². The maximum atomic E-state index is 12.8. The number of anilines is 1. The predicted octanol–water partition coefficient (Wildman–Crippen LogP) is 1.04. The third-order valence-corrected chi connectivity index (χ3v) is 4.24. The fraction of sp³-hybridized carbons (Fsp3) is 0.412. The summed E-state index contributed by atoms with van der Waals surface area (Å²) in [6.45, 7) is 5.55. The number of carbonyl (C=O) groups excluding carboxylic acids is 1. The van der Waals surface area contributed by atoms with Gasteiger partial charge in [-0.25, -0.2) is 0 Å². The Morgan fingerprint density at radius 1 is 1.30 bits per heavy atom. The number of hydrogen-bond acceptors (Lipinski definition) is 4. The summed E-state index contributed by atoms with van der Waals surface area (Å²) < 4.78 is 1.96. The second kappa shape index (κ2) is 6.42. The Labute approximate surface area is 134 Å². The minimum atomic E-state index is -0.269. The molecule has 2 aromatic rings. The first kappa shape index (κ1) is 15.6. The first-order valence-electron chi connectivity index (χ1n) is 8.05. The molecule has 1 aliphatic rings. The zero-order chi connectivity index (χ0) is 16.4. The number of fused-ring (bicyclic) bond motifs is 1. The van der Waals surface area contributed by atoms with E-state index >= 15 is 0 Å². The van der Waals surface area contributed by atoms with Gasteiger partial charge in [0, 0.05) is 44.6 Å². The molecule has 0 bridgehead atoms. The smallest absolute Gasteiger partial charge is 0.259 e. The number of amides is 1. The van der Waals surface area contributed by atoms with E-state index in [-0.39, 0.29) is 16.9 Å². The van der Waals surface area contributed by atoms with Gasteiger partial charge in [-0.1, -0.05) is 13.0 Å². The first-order chi connectivity index (χ1) is 11.1. The number of pyridine rings is 1. The maximum absolute atomic E-state index is 12.8. The van der Waals surface area contributed by atoms with Crippen molar-refractivity contribution in [2.75, 3.05) is 31.9 Å². The van der Waals surface area contributed by atoms with Crippen LogP contribution < -0.4 is 16.5 Å². The Morgan fingerprint density at radius 2 is 2.04 bits per heavy atom. The van der Waals surface area contributed by atoms with Gasteiger partial charge in [0.05, 0.1) is 10.9 Å². The van der Waals surface area contributed by atoms with Crippen LogP contribution in [-0.4, -0.2) is 41.6 Å². The third kappa shape index (κ3) is 2.82. The summed E-state index contributed by atoms with van der Waals surface area (Å²) in [4.78, 5) is 27.3. The number of nitrogens with zero attached hydrogens (tertiary/aromatic N) is 2. The molecule has 1 amide bonds. The van der Waals surface area contributed by atoms with Crippen LogP contribution in [0.2, 0.25) is 0 Å². The summed E-state index contributed by atoms with van der Waals surface area (Å²) in [6, 6.07) is 5.42. The zero-order valence-corrected chi connectivity index (χ0v) is 13.3. The third-order valence-electron chi connectivity index (χ3n) is 4.24. The molecule has 0 unspecified atom stereocenters. The molecule has 0 saturated carbocycles. The second-order valence-electron chi connectivity index (χ2n) is 5.85. The summed E-state index contributed by atoms with van der Waals surface area (Å²) in [6.07, 6.45) is 2.60. The minimum absolute atomic E-state index is 0.202. The number of hydrogen-bond donors (Lipinski definition) is 2. The van der Waals surface area contributed by atoms with Crippen LogP contribution >= 0.6 is 0 Å². The van der Waals surface area contributed by atoms with Crippen molar-refractivity contribution >= 4 is 22.5 Å². The van der Waals surface area contributed by atoms with Gasteiger partial charge >= 0.3 is 0 Å². The Kier molecular flexibility index (Phi) is 4.34. The number of piperazine rings is 1. The number of nitrogens with two attached hydrogens (primary N) is 1. The summed E-state index contributed by atoms with van der Waals surface area (Å²) in [5.41, 5.74) is 7.17. The highest BCUT2D eigenvalue weighted by Gasteiger charge is 2.23. The highest BCUT2D eigenvalue weighted by Crippen LogP contribution is 2.19. The highest BCUT2D eigenvalue weighted by atomic mass is 16.2. The van der Waals surface area contributed by atoms with Crippen molar-refractivity contribution in [1.82, 2.24) is 14.8 Å². The van der Waals surface area contributed by atoms with Gasteiger partial charge in [0.25, 0.3) is 5.91 Å². The van der Waals surface area contributed by atoms with Crippen LogP contribution in [0.25, 0.3) is 10.9 Å². The van der Waals surface area contributed by atoms with Gasteiger partial charge < -0.3 is 20.5 Å². The van der Waals surface area contributed by atoms with E-state index in [0.29, 0.717) is 24.2 Å². The van der Waals surface area contributed by atoms with Crippen molar-refractivity contribution in [2.45, 2.75) is 19.9 Å². The number of nitrogens with one attached hydrogen (secondary N) is 1. The topological polar surface area (TPSA) is 80.4 Å². The molecule has 23 heavy (non-hydrogen) atoms. The summed E-state index contributed by atoms with van der Waals surface area (Å²) in [5, 5.41) is 3.66. The quantitative estimate of drug-likeness (QED) is 0.830. The van der Waals surface area contributed by atoms with E-state index < -0.39 is 0 Å². The molecule has 1 aromatic carbocycles. The molecular weight excluding hydrogens is 292 g/mol. The van der Waals surface area contributed by atoms with E-state index in [1.165, 1.54) is 0 Å². The van der Waals surface area contributed by atoms with Crippen molar-refractivity contribution in [1.29, 1.82) is 0 Å². The molecule has 3 N–H and O–H groups in total. The molecule has 122 valence electrons. The fourth-order valence-electron chi connectivity index (χ4n) is 3.08. The Balaban J connectivity index is 2.16. The predicted molar refractivity (Wildman–Crippen MR) is 91.7 cm³/mol. The van der Waals surface area contributed by atoms with Crippen LogP contribution in [0.3, 0.4) is 0 Å². The van der Waals surface area contributed by atoms with Gasteiger partial charge in [0.15, 0.2) is 0 Å². The zero-order valence-electron chi connectivity index (χ0n) is 13.3. The lowest BCUT2D eigenvalue weighted by Gasteiger charge is -2.27. The SMILES string of the molecule is CCCn1cc(C(=O)N2CCNCC2)c(=O)c2c(N)cccc21. The lowest BCUT2D eigenvalue weighted by Crippen LogP contribution is -2.47. The van der Waals surface area contributed by atoms with Gasteiger partial charge in [0.1, 0.15) is 5.56 Å². The molecule has 6 nitrogen and oxygen atoms in total. The molecule has 1 saturated heterocycles. The molecule has 1 fully saturated rings. The van der Waals surface area contributed by atoms with E-state index in [1.807, 2.05) is 16.7 Å². The van der Waals surface area contributed by atoms with Crippen LogP contribution in [0.4, 0.5) is 5.69 Å². The molecule has 3 rings (SSSR count). The van der Waals surface area contributed by atoms with Gasteiger partial charge in [0.2, 0.25) is 5.43 Å². The standard InChI is InChI=1S/C17H22N4O2/c1-2-8-21-11-12(17(23)20-9-6-19-7-10-20)16(22)15-13(18)4-3-5-14(15)21/h3-5,11,19H,2,6-10,18H2,1H3. The van der Waals surface area contributed by atoms with Crippen LogP contribution in [0.15, 0.2) is 29.2 Å². The van der Waals surface area contributed by atoms with Crippen LogP contribution in [0, 0.1) is 0 Å². The number of carbonyl (C=O) groups is 1. The molecule has 0 aliphatic carbocycles. The highest BCUT2D eigenvalue weighted by molar-refractivity contribution is 6.00. The van der Waals surface area contributed by atoms with Gasteiger partial charge in [-0.05, 0) is 18.6 Å². The number of benzene rings is 1. The van der Waals surface area contributed by atoms with E-state index in [1.54, 1.807) is 17.2 Å². The van der Waals surface area contributed by atoms with Gasteiger partial charge in [-0.2, -0.15) is 0 Å². The van der Waals surface area contributed by atoms with Crippen LogP contribution in [0.5, 0.6) is 0 Å². The largest absolute Gasteiger partial charge is 0.398 e. The van der Waals surface area contributed by atoms with Crippen molar-refractivity contribution in [3.8, 4) is 0 Å². The maximum Gasteiger partial charge on any atom is 0.259 e. The number of aryl methyl sites for hydroxylation is 1. The molecule has 0 atom stereocenters. The van der Waals surface area contributed by atoms with Gasteiger partial charge in [-0.15, -0.1) is 0 Å². The van der Waals surface area contributed by atoms with Gasteiger partial charge in [-0.3, -0.25) is 9.59 Å². The normalized spacial score (nSPS) is 15.1. The molecule has 0 spiro atoms. The van der Waals surface area contributed by atoms with Crippen LogP contribution in [-0.2, 0) is 6.54 Å². The van der Waals surface area contributed by atoms with Crippen molar-refractivity contribution < 1.29 is 4.79 Å². The monoisotopic (exact) mass is 314 g/mol. The molecule has 1 aliphatic heterocycles. The molecule has 6 heteroatoms. The van der Waals surface area contributed by atoms with Crippen LogP contribution in [0.1, 0.15) is 23.7 Å². The first-order valence-corrected chi connectivity index (χ1v) is 8.05. The molecule has 2 heterocycles. The van der Waals surface area contributed by atoms with E-state index in [9.17, 15) is 9.59 Å². The minimum Gasteiger partial charge on any atom is -0.398 e. The molecule has 1 aromatic heterocycles. The second-order valence-corrected chi connectivity index (χ2v) is 5.85.